The van der Waals surface area contributed by atoms with Crippen LogP contribution in [0.5, 0.6) is 0 Å². The number of fused-ring (bicyclic) bond motifs is 1. The van der Waals surface area contributed by atoms with Crippen LogP contribution in [0.1, 0.15) is 25.7 Å². The molecule has 2 aromatic carbocycles. The average molecular weight is 647 g/mol. The number of carbonyl (C=O) groups excluding carboxylic acids is 4. The molecule has 0 bridgehead atoms. The Labute approximate surface area is 268 Å². The molecule has 248 valence electrons. The van der Waals surface area contributed by atoms with Gasteiger partial charge >= 0.3 is 0 Å². The third-order valence-corrected chi connectivity index (χ3v) is 8.29. The van der Waals surface area contributed by atoms with E-state index in [0.717, 1.165) is 10.8 Å². The molecule has 12 nitrogen and oxygen atoms in total. The Morgan fingerprint density at radius 2 is 1.36 bits per heavy atom. The van der Waals surface area contributed by atoms with Gasteiger partial charge in [0.25, 0.3) is 0 Å². The number of hydrogen-bond donors (Lipinski definition) is 6. The van der Waals surface area contributed by atoms with E-state index < -0.39 is 23.8 Å². The van der Waals surface area contributed by atoms with Crippen LogP contribution >= 0.6 is 11.8 Å². The third kappa shape index (κ3) is 12.2. The molecule has 6 N–H and O–H groups in total. The SMILES string of the molecule is CSCC[C@H](NC(=O)[C@@H]1C[C@H](C(=O)NCCOCCO)C[C@H](C(=O)NCCOCCO)C1)C(=O)Nc1ccc2ccccc2c1. The predicted molar refractivity (Wildman–Crippen MR) is 174 cm³/mol. The highest BCUT2D eigenvalue weighted by Crippen LogP contribution is 2.34. The first kappa shape index (κ1) is 36.2. The van der Waals surface area contributed by atoms with Gasteiger partial charge in [0.15, 0.2) is 0 Å². The van der Waals surface area contributed by atoms with Crippen molar-refractivity contribution in [1.82, 2.24) is 16.0 Å². The molecule has 13 heteroatoms. The molecule has 0 aliphatic heterocycles. The molecule has 45 heavy (non-hydrogen) atoms. The van der Waals surface area contributed by atoms with E-state index in [1.807, 2.05) is 48.7 Å². The lowest BCUT2D eigenvalue weighted by atomic mass is 9.74. The molecule has 1 fully saturated rings. The molecule has 0 heterocycles. The maximum atomic E-state index is 13.7. The number of nitrogens with one attached hydrogen (secondary N) is 4. The van der Waals surface area contributed by atoms with Gasteiger partial charge in [-0.1, -0.05) is 30.3 Å². The van der Waals surface area contributed by atoms with Gasteiger partial charge in [0.1, 0.15) is 6.04 Å². The topological polar surface area (TPSA) is 175 Å². The Balaban J connectivity index is 1.68. The number of anilines is 1. The van der Waals surface area contributed by atoms with Crippen LogP contribution in [0.3, 0.4) is 0 Å². The summed E-state index contributed by atoms with van der Waals surface area (Å²) in [6.45, 7) is 1.01. The van der Waals surface area contributed by atoms with Crippen LogP contribution < -0.4 is 21.3 Å². The van der Waals surface area contributed by atoms with E-state index in [0.29, 0.717) is 17.9 Å². The van der Waals surface area contributed by atoms with Crippen LogP contribution in [-0.4, -0.2) is 105 Å². The average Bonchev–Trinajstić information content (AvgIpc) is 3.05. The maximum Gasteiger partial charge on any atom is 0.246 e. The summed E-state index contributed by atoms with van der Waals surface area (Å²) in [5, 5.41) is 31.2. The molecule has 0 radical (unpaired) electrons. The predicted octanol–water partition coefficient (Wildman–Crippen LogP) is 1.30. The van der Waals surface area contributed by atoms with E-state index in [2.05, 4.69) is 21.3 Å². The molecule has 4 atom stereocenters. The summed E-state index contributed by atoms with van der Waals surface area (Å²) in [4.78, 5) is 53.2. The lowest BCUT2D eigenvalue weighted by Gasteiger charge is -2.33. The van der Waals surface area contributed by atoms with Crippen LogP contribution in [0.25, 0.3) is 10.8 Å². The van der Waals surface area contributed by atoms with Crippen LogP contribution in [-0.2, 0) is 28.7 Å². The number of ether oxygens (including phenoxy) is 2. The zero-order valence-electron chi connectivity index (χ0n) is 25.8. The van der Waals surface area contributed by atoms with Crippen molar-refractivity contribution in [2.75, 3.05) is 70.1 Å². The smallest absolute Gasteiger partial charge is 0.246 e. The van der Waals surface area contributed by atoms with Crippen molar-refractivity contribution >= 4 is 51.9 Å². The Bertz CT molecular complexity index is 1210. The minimum Gasteiger partial charge on any atom is -0.394 e. The standard InChI is InChI=1S/C32H46N4O8S/c1-45-17-8-28(32(42)35-27-7-6-22-4-2-3-5-23(22)21-27)36-31(41)26-19-24(29(39)33-9-13-43-15-11-37)18-25(20-26)30(40)34-10-14-44-16-12-38/h2-7,21,24-26,28,37-38H,8-20H2,1H3,(H,33,39)(H,34,40)(H,35,42)(H,36,41)/t24-,25+,26-,28-/m0/s1. The molecule has 0 aromatic heterocycles. The van der Waals surface area contributed by atoms with E-state index in [9.17, 15) is 19.2 Å². The molecule has 2 aromatic rings. The summed E-state index contributed by atoms with van der Waals surface area (Å²) in [5.74, 6) is -2.47. The second-order valence-corrected chi connectivity index (χ2v) is 11.9. The normalized spacial score (nSPS) is 18.6. The second kappa shape index (κ2) is 20.0. The summed E-state index contributed by atoms with van der Waals surface area (Å²) < 4.78 is 10.4. The van der Waals surface area contributed by atoms with Gasteiger partial charge in [-0.3, -0.25) is 19.2 Å². The van der Waals surface area contributed by atoms with Gasteiger partial charge in [0.05, 0.1) is 39.6 Å². The van der Waals surface area contributed by atoms with Crippen LogP contribution in [0.4, 0.5) is 5.69 Å². The van der Waals surface area contributed by atoms with Crippen molar-refractivity contribution in [3.05, 3.63) is 42.5 Å². The number of hydrogen-bond acceptors (Lipinski definition) is 9. The lowest BCUT2D eigenvalue weighted by molar-refractivity contribution is -0.136. The fourth-order valence-electron chi connectivity index (χ4n) is 5.37. The Kier molecular flexibility index (Phi) is 16.1. The number of aliphatic hydroxyl groups excluding tert-OH is 2. The quantitative estimate of drug-likeness (QED) is 0.123. The molecule has 1 saturated carbocycles. The van der Waals surface area contributed by atoms with Crippen molar-refractivity contribution in [3.8, 4) is 0 Å². The van der Waals surface area contributed by atoms with E-state index in [1.165, 1.54) is 0 Å². The van der Waals surface area contributed by atoms with Crippen molar-refractivity contribution in [2.24, 2.45) is 17.8 Å². The fraction of sp³-hybridized carbons (Fsp3) is 0.562. The largest absolute Gasteiger partial charge is 0.394 e. The van der Waals surface area contributed by atoms with E-state index in [4.69, 9.17) is 19.7 Å². The number of rotatable bonds is 19. The number of amides is 4. The van der Waals surface area contributed by atoms with Crippen molar-refractivity contribution < 1.29 is 38.9 Å². The summed E-state index contributed by atoms with van der Waals surface area (Å²) in [7, 11) is 0. The highest BCUT2D eigenvalue weighted by molar-refractivity contribution is 7.98. The van der Waals surface area contributed by atoms with E-state index >= 15 is 0 Å². The molecular formula is C32H46N4O8S. The monoisotopic (exact) mass is 646 g/mol. The molecule has 4 amide bonds. The number of carbonyl (C=O) groups is 4. The first-order chi connectivity index (χ1) is 21.9. The zero-order chi connectivity index (χ0) is 32.4. The van der Waals surface area contributed by atoms with Gasteiger partial charge in [-0.2, -0.15) is 11.8 Å². The Hall–Kier alpha value is -3.23. The van der Waals surface area contributed by atoms with Crippen molar-refractivity contribution in [3.63, 3.8) is 0 Å². The van der Waals surface area contributed by atoms with Crippen molar-refractivity contribution in [2.45, 2.75) is 31.7 Å². The van der Waals surface area contributed by atoms with Gasteiger partial charge in [0.2, 0.25) is 23.6 Å². The van der Waals surface area contributed by atoms with Gasteiger partial charge < -0.3 is 41.0 Å². The van der Waals surface area contributed by atoms with Crippen LogP contribution in [0.15, 0.2) is 42.5 Å². The summed E-state index contributed by atoms with van der Waals surface area (Å²) in [5.41, 5.74) is 0.624. The molecule has 0 unspecified atom stereocenters. The Morgan fingerprint density at radius 1 is 0.800 bits per heavy atom. The third-order valence-electron chi connectivity index (χ3n) is 7.64. The van der Waals surface area contributed by atoms with Gasteiger partial charge in [-0.15, -0.1) is 0 Å². The van der Waals surface area contributed by atoms with Gasteiger partial charge in [0, 0.05) is 36.5 Å². The summed E-state index contributed by atoms with van der Waals surface area (Å²) >= 11 is 1.57. The first-order valence-electron chi connectivity index (χ1n) is 15.4. The number of thioether (sulfide) groups is 1. The fourth-order valence-corrected chi connectivity index (χ4v) is 5.84. The van der Waals surface area contributed by atoms with E-state index in [1.54, 1.807) is 11.8 Å². The summed E-state index contributed by atoms with van der Waals surface area (Å²) in [6, 6.07) is 12.7. The Morgan fingerprint density at radius 3 is 1.91 bits per heavy atom. The minimum absolute atomic E-state index is 0.118. The summed E-state index contributed by atoms with van der Waals surface area (Å²) in [6.07, 6.45) is 3.08. The molecule has 1 aliphatic rings. The number of benzene rings is 2. The number of aliphatic hydroxyl groups is 2. The van der Waals surface area contributed by atoms with Crippen LogP contribution in [0.2, 0.25) is 0 Å². The van der Waals surface area contributed by atoms with Gasteiger partial charge in [-0.25, -0.2) is 0 Å². The lowest BCUT2D eigenvalue weighted by Crippen LogP contribution is -2.50. The maximum absolute atomic E-state index is 13.7. The van der Waals surface area contributed by atoms with Crippen molar-refractivity contribution in [1.29, 1.82) is 0 Å². The van der Waals surface area contributed by atoms with Gasteiger partial charge in [-0.05, 0) is 60.6 Å². The zero-order valence-corrected chi connectivity index (χ0v) is 26.6. The minimum atomic E-state index is -0.801. The molecule has 0 spiro atoms. The highest BCUT2D eigenvalue weighted by Gasteiger charge is 2.39. The molecule has 3 rings (SSSR count). The second-order valence-electron chi connectivity index (χ2n) is 10.9. The molecule has 0 saturated heterocycles. The van der Waals surface area contributed by atoms with E-state index in [-0.39, 0.29) is 95.6 Å². The van der Waals surface area contributed by atoms with Crippen LogP contribution in [0, 0.1) is 17.8 Å². The molecular weight excluding hydrogens is 600 g/mol. The first-order valence-corrected chi connectivity index (χ1v) is 16.8. The highest BCUT2D eigenvalue weighted by atomic mass is 32.2. The molecule has 1 aliphatic carbocycles.